The van der Waals surface area contributed by atoms with Crippen LogP contribution in [0.5, 0.6) is 0 Å². The van der Waals surface area contributed by atoms with Crippen molar-refractivity contribution in [1.29, 1.82) is 0 Å². The summed E-state index contributed by atoms with van der Waals surface area (Å²) in [4.78, 5) is 15.3. The van der Waals surface area contributed by atoms with Gasteiger partial charge in [-0.2, -0.15) is 0 Å². The zero-order valence-corrected chi connectivity index (χ0v) is 31.0. The molecule has 0 spiro atoms. The van der Waals surface area contributed by atoms with Crippen molar-refractivity contribution < 1.29 is 0 Å². The first-order chi connectivity index (χ1) is 28.2. The van der Waals surface area contributed by atoms with Gasteiger partial charge in [-0.25, -0.2) is 15.0 Å². The lowest BCUT2D eigenvalue weighted by atomic mass is 9.67. The Kier molecular flexibility index (Phi) is 7.71. The maximum atomic E-state index is 5.11. The highest BCUT2D eigenvalue weighted by molar-refractivity contribution is 5.90. The Morgan fingerprint density at radius 2 is 0.684 bits per heavy atom. The highest BCUT2D eigenvalue weighted by Crippen LogP contribution is 2.56. The minimum atomic E-state index is -0.451. The second kappa shape index (κ2) is 13.4. The molecule has 0 N–H and O–H groups in total. The molecule has 0 radical (unpaired) electrons. The average Bonchev–Trinajstić information content (AvgIpc) is 3.59. The van der Waals surface area contributed by atoms with E-state index in [0.717, 1.165) is 38.6 Å². The molecule has 1 aliphatic rings. The van der Waals surface area contributed by atoms with Crippen molar-refractivity contribution in [2.45, 2.75) is 5.41 Å². The maximum absolute atomic E-state index is 5.11. The Balaban J connectivity index is 1.03. The van der Waals surface area contributed by atoms with E-state index in [1.807, 2.05) is 0 Å². The van der Waals surface area contributed by atoms with Gasteiger partial charge in [0.25, 0.3) is 0 Å². The molecule has 1 aromatic heterocycles. The van der Waals surface area contributed by atoms with Gasteiger partial charge in [-0.05, 0) is 84.3 Å². The van der Waals surface area contributed by atoms with E-state index in [0.29, 0.717) is 17.5 Å². The lowest BCUT2D eigenvalue weighted by Gasteiger charge is -2.34. The summed E-state index contributed by atoms with van der Waals surface area (Å²) in [6.45, 7) is 0. The first-order valence-electron chi connectivity index (χ1n) is 19.4. The normalized spacial score (nSPS) is 12.7. The monoisotopic (exact) mass is 725 g/mol. The van der Waals surface area contributed by atoms with Gasteiger partial charge in [0.1, 0.15) is 0 Å². The molecule has 0 saturated heterocycles. The van der Waals surface area contributed by atoms with Crippen LogP contribution < -0.4 is 0 Å². The van der Waals surface area contributed by atoms with Gasteiger partial charge in [0.2, 0.25) is 0 Å². The minimum Gasteiger partial charge on any atom is -0.208 e. The lowest BCUT2D eigenvalue weighted by molar-refractivity contribution is 0.769. The fraction of sp³-hybridized carbons (Fsp3) is 0.0185. The highest BCUT2D eigenvalue weighted by atomic mass is 15.0. The molecular weight excluding hydrogens is 691 g/mol. The van der Waals surface area contributed by atoms with E-state index in [-0.39, 0.29) is 0 Å². The molecule has 1 heterocycles. The van der Waals surface area contributed by atoms with E-state index >= 15 is 0 Å². The predicted octanol–water partition coefficient (Wildman–Crippen LogP) is 13.2. The van der Waals surface area contributed by atoms with Gasteiger partial charge < -0.3 is 0 Å². The summed E-state index contributed by atoms with van der Waals surface area (Å²) in [5, 5.41) is 4.66. The number of benzene rings is 9. The summed E-state index contributed by atoms with van der Waals surface area (Å²) < 4.78 is 0. The van der Waals surface area contributed by atoms with Crippen molar-refractivity contribution in [3.05, 3.63) is 235 Å². The summed E-state index contributed by atoms with van der Waals surface area (Å²) in [7, 11) is 0. The fourth-order valence-corrected chi connectivity index (χ4v) is 8.86. The Morgan fingerprint density at radius 3 is 1.26 bits per heavy atom. The molecule has 10 aromatic rings. The van der Waals surface area contributed by atoms with Crippen LogP contribution in [0.1, 0.15) is 22.3 Å². The van der Waals surface area contributed by atoms with Gasteiger partial charge in [-0.3, -0.25) is 0 Å². The molecule has 3 nitrogen and oxygen atoms in total. The molecule has 0 aliphatic heterocycles. The third kappa shape index (κ3) is 5.47. The van der Waals surface area contributed by atoms with Crippen LogP contribution in [-0.2, 0) is 5.41 Å². The molecule has 0 unspecified atom stereocenters. The van der Waals surface area contributed by atoms with Crippen LogP contribution in [0.2, 0.25) is 0 Å². The summed E-state index contributed by atoms with van der Waals surface area (Å²) in [6, 6.07) is 76.0. The quantitative estimate of drug-likeness (QED) is 0.171. The van der Waals surface area contributed by atoms with Crippen LogP contribution in [0.4, 0.5) is 0 Å². The molecule has 1 aliphatic carbocycles. The van der Waals surface area contributed by atoms with Gasteiger partial charge in [-0.1, -0.05) is 194 Å². The van der Waals surface area contributed by atoms with Crippen molar-refractivity contribution in [1.82, 2.24) is 15.0 Å². The molecule has 0 atom stereocenters. The molecule has 0 amide bonds. The Morgan fingerprint density at radius 1 is 0.263 bits per heavy atom. The van der Waals surface area contributed by atoms with E-state index in [4.69, 9.17) is 15.0 Å². The van der Waals surface area contributed by atoms with Gasteiger partial charge in [0.05, 0.1) is 5.41 Å². The number of fused-ring (bicyclic) bond motifs is 5. The summed E-state index contributed by atoms with van der Waals surface area (Å²) >= 11 is 0. The number of nitrogens with zero attached hydrogens (tertiary/aromatic N) is 3. The SMILES string of the molecule is c1ccc(C2(c3ccccc3)c3ccccc3-c3ccc(-c4ccc(-c5nc(-c6ccc7ccccc7c6)nc(-c6ccc7ccccc7c6)n5)cc4)cc32)cc1. The number of hydrogen-bond acceptors (Lipinski definition) is 3. The lowest BCUT2D eigenvalue weighted by Crippen LogP contribution is -2.28. The van der Waals surface area contributed by atoms with Crippen molar-refractivity contribution in [3.63, 3.8) is 0 Å². The number of rotatable bonds is 6. The van der Waals surface area contributed by atoms with Crippen molar-refractivity contribution in [2.75, 3.05) is 0 Å². The Labute approximate surface area is 331 Å². The summed E-state index contributed by atoms with van der Waals surface area (Å²) in [5.41, 5.74) is 12.3. The molecule has 11 rings (SSSR count). The standard InChI is InChI=1S/C54H35N3/c1-3-17-45(18-4-1)54(46-19-5-2-6-20-46)49-22-12-11-21-47(49)48-32-31-42(35-50(48)54)38-23-27-39(28-24-38)51-55-52(43-29-25-36-13-7-9-15-40(36)33-43)57-53(56-51)44-30-26-37-14-8-10-16-41(37)34-44/h1-35H. The summed E-state index contributed by atoms with van der Waals surface area (Å²) in [6.07, 6.45) is 0. The second-order valence-corrected chi connectivity index (χ2v) is 14.8. The largest absolute Gasteiger partial charge is 0.208 e. The second-order valence-electron chi connectivity index (χ2n) is 14.8. The van der Waals surface area contributed by atoms with Gasteiger partial charge in [0.15, 0.2) is 17.5 Å². The summed E-state index contributed by atoms with van der Waals surface area (Å²) in [5.74, 6) is 1.93. The zero-order chi connectivity index (χ0) is 37.8. The minimum absolute atomic E-state index is 0.451. The first-order valence-corrected chi connectivity index (χ1v) is 19.4. The van der Waals surface area contributed by atoms with Crippen LogP contribution in [-0.4, -0.2) is 15.0 Å². The van der Waals surface area contributed by atoms with Crippen LogP contribution in [0, 0.1) is 0 Å². The zero-order valence-electron chi connectivity index (χ0n) is 31.0. The third-order valence-electron chi connectivity index (χ3n) is 11.6. The molecule has 3 heteroatoms. The molecule has 266 valence electrons. The predicted molar refractivity (Wildman–Crippen MR) is 234 cm³/mol. The van der Waals surface area contributed by atoms with Gasteiger partial charge in [0, 0.05) is 16.7 Å². The van der Waals surface area contributed by atoms with Crippen LogP contribution in [0.25, 0.3) is 78.0 Å². The van der Waals surface area contributed by atoms with Crippen LogP contribution in [0.3, 0.4) is 0 Å². The van der Waals surface area contributed by atoms with E-state index in [1.165, 1.54) is 44.2 Å². The van der Waals surface area contributed by atoms with E-state index in [1.54, 1.807) is 0 Å². The van der Waals surface area contributed by atoms with E-state index < -0.39 is 5.41 Å². The van der Waals surface area contributed by atoms with Gasteiger partial charge in [-0.15, -0.1) is 0 Å². The van der Waals surface area contributed by atoms with E-state index in [2.05, 4.69) is 212 Å². The van der Waals surface area contributed by atoms with Crippen molar-refractivity contribution in [2.24, 2.45) is 0 Å². The smallest absolute Gasteiger partial charge is 0.164 e. The Hall–Kier alpha value is -7.49. The highest BCUT2D eigenvalue weighted by Gasteiger charge is 2.46. The van der Waals surface area contributed by atoms with Crippen molar-refractivity contribution in [3.8, 4) is 56.4 Å². The first kappa shape index (κ1) is 32.9. The van der Waals surface area contributed by atoms with Gasteiger partial charge >= 0.3 is 0 Å². The fourth-order valence-electron chi connectivity index (χ4n) is 8.86. The molecule has 0 bridgehead atoms. The Bertz CT molecular complexity index is 2980. The molecular formula is C54H35N3. The maximum Gasteiger partial charge on any atom is 0.164 e. The number of aromatic nitrogens is 3. The molecule has 9 aromatic carbocycles. The molecule has 57 heavy (non-hydrogen) atoms. The molecule has 0 fully saturated rings. The van der Waals surface area contributed by atoms with Crippen LogP contribution >= 0.6 is 0 Å². The van der Waals surface area contributed by atoms with Crippen molar-refractivity contribution >= 4 is 21.5 Å². The van der Waals surface area contributed by atoms with Crippen LogP contribution in [0.15, 0.2) is 212 Å². The third-order valence-corrected chi connectivity index (χ3v) is 11.6. The van der Waals surface area contributed by atoms with E-state index in [9.17, 15) is 0 Å². The number of hydrogen-bond donors (Lipinski definition) is 0. The molecule has 0 saturated carbocycles. The topological polar surface area (TPSA) is 38.7 Å². The average molecular weight is 726 g/mol.